The molecule has 15 heavy (non-hydrogen) atoms. The molecule has 0 saturated heterocycles. The van der Waals surface area contributed by atoms with Crippen molar-refractivity contribution in [2.24, 2.45) is 0 Å². The summed E-state index contributed by atoms with van der Waals surface area (Å²) in [7, 11) is 0. The number of hydrogen-bond acceptors (Lipinski definition) is 3. The highest BCUT2D eigenvalue weighted by Gasteiger charge is 2.07. The number of nitriles is 1. The molecule has 80 valence electrons. The lowest BCUT2D eigenvalue weighted by molar-refractivity contribution is -0.134. The van der Waals surface area contributed by atoms with E-state index in [0.29, 0.717) is 10.6 Å². The van der Waals surface area contributed by atoms with Crippen LogP contribution in [0.25, 0.3) is 0 Å². The molecule has 0 amide bonds. The third kappa shape index (κ3) is 5.68. The molecule has 0 aliphatic carbocycles. The van der Waals surface area contributed by atoms with Crippen molar-refractivity contribution in [2.45, 2.75) is 13.0 Å². The summed E-state index contributed by atoms with van der Waals surface area (Å²) in [6.45, 7) is 1.08. The van der Waals surface area contributed by atoms with Gasteiger partial charge in [0.15, 0.2) is 6.10 Å². The summed E-state index contributed by atoms with van der Waals surface area (Å²) in [4.78, 5) is 9.00. The molecule has 0 aliphatic heterocycles. The number of halogens is 1. The molecular formula is C10H10ClNO3. The van der Waals surface area contributed by atoms with E-state index in [2.05, 4.69) is 0 Å². The Kier molecular flexibility index (Phi) is 6.11. The fraction of sp³-hybridized carbons (Fsp3) is 0.200. The Labute approximate surface area is 92.3 Å². The predicted octanol–water partition coefficient (Wildman–Crippen LogP) is 1.99. The van der Waals surface area contributed by atoms with Gasteiger partial charge in [-0.05, 0) is 6.07 Å². The Balaban J connectivity index is 0.000000423. The van der Waals surface area contributed by atoms with Crippen molar-refractivity contribution in [3.8, 4) is 6.07 Å². The molecule has 0 aliphatic rings. The van der Waals surface area contributed by atoms with Gasteiger partial charge in [-0.2, -0.15) is 5.26 Å². The van der Waals surface area contributed by atoms with E-state index in [0.717, 1.165) is 6.92 Å². The maximum Gasteiger partial charge on any atom is 0.300 e. The fourth-order valence-electron chi connectivity index (χ4n) is 0.766. The van der Waals surface area contributed by atoms with E-state index in [-0.39, 0.29) is 0 Å². The molecule has 0 heterocycles. The molecule has 1 aromatic carbocycles. The minimum absolute atomic E-state index is 0.418. The number of carboxylic acid groups (broad SMARTS) is 1. The van der Waals surface area contributed by atoms with Gasteiger partial charge in [0.1, 0.15) is 0 Å². The molecule has 0 fully saturated rings. The topological polar surface area (TPSA) is 81.3 Å². The lowest BCUT2D eigenvalue weighted by atomic mass is 10.1. The minimum atomic E-state index is -1.12. The van der Waals surface area contributed by atoms with Crippen molar-refractivity contribution in [3.05, 3.63) is 34.9 Å². The molecule has 0 bridgehead atoms. The largest absolute Gasteiger partial charge is 0.481 e. The van der Waals surface area contributed by atoms with Crippen molar-refractivity contribution in [2.75, 3.05) is 0 Å². The van der Waals surface area contributed by atoms with E-state index >= 15 is 0 Å². The van der Waals surface area contributed by atoms with Crippen LogP contribution in [0.2, 0.25) is 5.02 Å². The molecule has 1 unspecified atom stereocenters. The first-order valence-corrected chi connectivity index (χ1v) is 4.38. The molecule has 2 N–H and O–H groups in total. The van der Waals surface area contributed by atoms with Crippen molar-refractivity contribution in [3.63, 3.8) is 0 Å². The molecular weight excluding hydrogens is 218 g/mol. The van der Waals surface area contributed by atoms with Crippen LogP contribution in [0.3, 0.4) is 0 Å². The minimum Gasteiger partial charge on any atom is -0.481 e. The zero-order chi connectivity index (χ0) is 11.8. The number of benzene rings is 1. The molecule has 0 saturated carbocycles. The molecule has 1 rings (SSSR count). The van der Waals surface area contributed by atoms with Gasteiger partial charge < -0.3 is 10.2 Å². The SMILES string of the molecule is CC(=O)O.N#CC(O)c1ccccc1Cl. The second-order valence-electron chi connectivity index (χ2n) is 2.57. The summed E-state index contributed by atoms with van der Waals surface area (Å²) in [6, 6.07) is 8.42. The zero-order valence-electron chi connectivity index (χ0n) is 8.01. The van der Waals surface area contributed by atoms with Crippen LogP contribution >= 0.6 is 11.6 Å². The van der Waals surface area contributed by atoms with Gasteiger partial charge in [0.05, 0.1) is 6.07 Å². The van der Waals surface area contributed by atoms with E-state index in [4.69, 9.17) is 31.9 Å². The average Bonchev–Trinajstić information content (AvgIpc) is 2.16. The van der Waals surface area contributed by atoms with Gasteiger partial charge in [0.25, 0.3) is 5.97 Å². The lowest BCUT2D eigenvalue weighted by Crippen LogP contribution is -1.93. The van der Waals surface area contributed by atoms with Crippen LogP contribution in [0.15, 0.2) is 24.3 Å². The first-order valence-electron chi connectivity index (χ1n) is 4.00. The van der Waals surface area contributed by atoms with Gasteiger partial charge in [-0.15, -0.1) is 0 Å². The molecule has 4 nitrogen and oxygen atoms in total. The smallest absolute Gasteiger partial charge is 0.300 e. The number of nitrogens with zero attached hydrogens (tertiary/aromatic N) is 1. The second kappa shape index (κ2) is 6.82. The Hall–Kier alpha value is -1.57. The molecule has 1 atom stereocenters. The number of rotatable bonds is 1. The average molecular weight is 228 g/mol. The van der Waals surface area contributed by atoms with Crippen LogP contribution in [0, 0.1) is 11.3 Å². The monoisotopic (exact) mass is 227 g/mol. The number of aliphatic hydroxyl groups excluding tert-OH is 1. The molecule has 0 radical (unpaired) electrons. The summed E-state index contributed by atoms with van der Waals surface area (Å²) in [5.74, 6) is -0.833. The van der Waals surface area contributed by atoms with Crippen LogP contribution < -0.4 is 0 Å². The van der Waals surface area contributed by atoms with Crippen LogP contribution in [-0.2, 0) is 4.79 Å². The van der Waals surface area contributed by atoms with E-state index in [1.54, 1.807) is 30.3 Å². The number of hydrogen-bond donors (Lipinski definition) is 2. The molecule has 5 heteroatoms. The highest BCUT2D eigenvalue weighted by molar-refractivity contribution is 6.31. The fourth-order valence-corrected chi connectivity index (χ4v) is 1.01. The predicted molar refractivity (Wildman–Crippen MR) is 55.3 cm³/mol. The number of aliphatic carboxylic acids is 1. The standard InChI is InChI=1S/C8H6ClNO.C2H4O2/c9-7-4-2-1-3-6(7)8(11)5-10;1-2(3)4/h1-4,8,11H;1H3,(H,3,4). The Bertz CT molecular complexity index is 369. The first kappa shape index (κ1) is 13.4. The lowest BCUT2D eigenvalue weighted by Gasteiger charge is -2.02. The first-order chi connectivity index (χ1) is 6.99. The Morgan fingerprint density at radius 3 is 2.40 bits per heavy atom. The zero-order valence-corrected chi connectivity index (χ0v) is 8.77. The summed E-state index contributed by atoms with van der Waals surface area (Å²) in [5.41, 5.74) is 0.455. The summed E-state index contributed by atoms with van der Waals surface area (Å²) < 4.78 is 0. The Morgan fingerprint density at radius 2 is 2.00 bits per heavy atom. The number of aliphatic hydroxyl groups is 1. The van der Waals surface area contributed by atoms with Gasteiger partial charge in [-0.25, -0.2) is 0 Å². The second-order valence-corrected chi connectivity index (χ2v) is 2.98. The Morgan fingerprint density at radius 1 is 1.53 bits per heavy atom. The van der Waals surface area contributed by atoms with Crippen LogP contribution in [0.4, 0.5) is 0 Å². The van der Waals surface area contributed by atoms with E-state index in [9.17, 15) is 0 Å². The summed E-state index contributed by atoms with van der Waals surface area (Å²) >= 11 is 5.69. The van der Waals surface area contributed by atoms with Crippen LogP contribution in [0.5, 0.6) is 0 Å². The maximum absolute atomic E-state index is 9.06. The van der Waals surface area contributed by atoms with E-state index in [1.165, 1.54) is 0 Å². The van der Waals surface area contributed by atoms with Crippen molar-refractivity contribution >= 4 is 17.6 Å². The van der Waals surface area contributed by atoms with Gasteiger partial charge >= 0.3 is 0 Å². The van der Waals surface area contributed by atoms with Gasteiger partial charge in [0.2, 0.25) is 0 Å². The maximum atomic E-state index is 9.06. The van der Waals surface area contributed by atoms with Crippen molar-refractivity contribution in [1.82, 2.24) is 0 Å². The number of carboxylic acids is 1. The number of carbonyl (C=O) groups is 1. The van der Waals surface area contributed by atoms with Gasteiger partial charge in [-0.3, -0.25) is 4.79 Å². The van der Waals surface area contributed by atoms with Crippen LogP contribution in [0.1, 0.15) is 18.6 Å². The molecule has 0 spiro atoms. The highest BCUT2D eigenvalue weighted by Crippen LogP contribution is 2.21. The highest BCUT2D eigenvalue weighted by atomic mass is 35.5. The third-order valence-electron chi connectivity index (χ3n) is 1.32. The summed E-state index contributed by atoms with van der Waals surface area (Å²) in [6.07, 6.45) is -1.12. The van der Waals surface area contributed by atoms with Crippen LogP contribution in [-0.4, -0.2) is 16.2 Å². The summed E-state index contributed by atoms with van der Waals surface area (Å²) in [5, 5.41) is 25.3. The third-order valence-corrected chi connectivity index (χ3v) is 1.67. The molecule has 0 aromatic heterocycles. The van der Waals surface area contributed by atoms with E-state index in [1.807, 2.05) is 0 Å². The van der Waals surface area contributed by atoms with E-state index < -0.39 is 12.1 Å². The quantitative estimate of drug-likeness (QED) is 0.719. The van der Waals surface area contributed by atoms with Gasteiger partial charge in [-0.1, -0.05) is 29.8 Å². The van der Waals surface area contributed by atoms with Crippen molar-refractivity contribution in [1.29, 1.82) is 5.26 Å². The van der Waals surface area contributed by atoms with Crippen molar-refractivity contribution < 1.29 is 15.0 Å². The molecule has 1 aromatic rings. The normalized spacial score (nSPS) is 10.5. The van der Waals surface area contributed by atoms with Gasteiger partial charge in [0, 0.05) is 17.5 Å².